The van der Waals surface area contributed by atoms with Gasteiger partial charge in [-0.05, 0) is 44.5 Å². The van der Waals surface area contributed by atoms with Crippen LogP contribution in [0.5, 0.6) is 5.75 Å². The van der Waals surface area contributed by atoms with E-state index in [4.69, 9.17) is 15.2 Å². The van der Waals surface area contributed by atoms with E-state index in [1.165, 1.54) is 11.3 Å². The summed E-state index contributed by atoms with van der Waals surface area (Å²) in [6.07, 6.45) is -1.22. The van der Waals surface area contributed by atoms with Crippen molar-refractivity contribution >= 4 is 33.4 Å². The Morgan fingerprint density at radius 2 is 1.81 bits per heavy atom. The monoisotopic (exact) mass is 442 g/mol. The standard InChI is InChI=1S/C22H24N2O4S.C2H6/c1-22(2,3)28-21(26)24-20(23)19-12-15-16(10-7-11-18(15)29-19)27-17(13-25)14-8-5-4-6-9-14;1-2/h4-12,17,25H,13H2,1-3H3,(H2,23,24,26);1-2H3. The van der Waals surface area contributed by atoms with E-state index in [1.807, 2.05) is 68.4 Å². The average molecular weight is 443 g/mol. The first kappa shape index (κ1) is 24.4. The van der Waals surface area contributed by atoms with E-state index in [0.29, 0.717) is 10.6 Å². The molecule has 3 rings (SSSR count). The Bertz CT molecular complexity index is 1020. The Morgan fingerprint density at radius 1 is 1.13 bits per heavy atom. The molecule has 1 heterocycles. The van der Waals surface area contributed by atoms with E-state index in [0.717, 1.165) is 15.6 Å². The largest absolute Gasteiger partial charge is 0.483 e. The Kier molecular flexibility index (Phi) is 8.59. The summed E-state index contributed by atoms with van der Waals surface area (Å²) < 4.78 is 12.2. The fourth-order valence-electron chi connectivity index (χ4n) is 2.73. The third-order valence-electron chi connectivity index (χ3n) is 3.99. The van der Waals surface area contributed by atoms with Gasteiger partial charge < -0.3 is 20.3 Å². The predicted molar refractivity (Wildman–Crippen MR) is 127 cm³/mol. The number of hydrogen-bond donors (Lipinski definition) is 2. The van der Waals surface area contributed by atoms with Gasteiger partial charge in [-0.15, -0.1) is 11.3 Å². The maximum Gasteiger partial charge on any atom is 0.436 e. The zero-order chi connectivity index (χ0) is 23.0. The maximum absolute atomic E-state index is 11.9. The molecule has 2 aromatic carbocycles. The molecule has 0 saturated heterocycles. The van der Waals surface area contributed by atoms with Crippen LogP contribution in [0.25, 0.3) is 10.1 Å². The van der Waals surface area contributed by atoms with Crippen LogP contribution in [0.1, 0.15) is 51.2 Å². The van der Waals surface area contributed by atoms with Gasteiger partial charge in [0.1, 0.15) is 23.3 Å². The second kappa shape index (κ2) is 10.9. The van der Waals surface area contributed by atoms with Crippen molar-refractivity contribution in [2.24, 2.45) is 10.7 Å². The van der Waals surface area contributed by atoms with Gasteiger partial charge in [-0.25, -0.2) is 4.79 Å². The number of hydrogen-bond acceptors (Lipinski definition) is 5. The van der Waals surface area contributed by atoms with E-state index >= 15 is 0 Å². The van der Waals surface area contributed by atoms with Crippen LogP contribution in [0, 0.1) is 0 Å². The number of carbonyl (C=O) groups is 1. The minimum Gasteiger partial charge on any atom is -0.483 e. The van der Waals surface area contributed by atoms with E-state index < -0.39 is 17.8 Å². The molecule has 1 amide bonds. The lowest BCUT2D eigenvalue weighted by Crippen LogP contribution is -2.24. The average Bonchev–Trinajstić information content (AvgIpc) is 3.18. The minimum atomic E-state index is -0.728. The van der Waals surface area contributed by atoms with Gasteiger partial charge in [-0.2, -0.15) is 4.99 Å². The van der Waals surface area contributed by atoms with Gasteiger partial charge in [-0.1, -0.05) is 50.2 Å². The van der Waals surface area contributed by atoms with Crippen LogP contribution in [0.2, 0.25) is 0 Å². The zero-order valence-electron chi connectivity index (χ0n) is 18.6. The number of amides is 1. The lowest BCUT2D eigenvalue weighted by molar-refractivity contribution is 0.0604. The summed E-state index contributed by atoms with van der Waals surface area (Å²) in [6.45, 7) is 9.15. The molecule has 6 nitrogen and oxygen atoms in total. The second-order valence-electron chi connectivity index (χ2n) is 7.46. The van der Waals surface area contributed by atoms with Crippen LogP contribution < -0.4 is 10.5 Å². The molecule has 0 saturated carbocycles. The number of benzene rings is 2. The molecular formula is C24H30N2O4S. The Morgan fingerprint density at radius 3 is 2.42 bits per heavy atom. The molecule has 0 fully saturated rings. The van der Waals surface area contributed by atoms with Gasteiger partial charge in [0, 0.05) is 10.1 Å². The summed E-state index contributed by atoms with van der Waals surface area (Å²) in [5.74, 6) is 0.714. The summed E-state index contributed by atoms with van der Waals surface area (Å²) in [7, 11) is 0. The number of aliphatic hydroxyl groups excluding tert-OH is 1. The number of carbonyl (C=O) groups excluding carboxylic acids is 1. The van der Waals surface area contributed by atoms with Crippen molar-refractivity contribution in [1.82, 2.24) is 0 Å². The quantitative estimate of drug-likeness (QED) is 0.392. The topological polar surface area (TPSA) is 94.1 Å². The highest BCUT2D eigenvalue weighted by Crippen LogP contribution is 2.35. The number of ether oxygens (including phenoxy) is 2. The number of fused-ring (bicyclic) bond motifs is 1. The molecule has 166 valence electrons. The van der Waals surface area contributed by atoms with E-state index in [-0.39, 0.29) is 12.4 Å². The van der Waals surface area contributed by atoms with E-state index in [2.05, 4.69) is 4.99 Å². The van der Waals surface area contributed by atoms with Crippen molar-refractivity contribution in [2.45, 2.75) is 46.3 Å². The number of aliphatic hydroxyl groups is 1. The van der Waals surface area contributed by atoms with Gasteiger partial charge in [0.15, 0.2) is 0 Å². The molecule has 31 heavy (non-hydrogen) atoms. The van der Waals surface area contributed by atoms with Gasteiger partial charge in [0.25, 0.3) is 0 Å². The molecule has 0 aliphatic heterocycles. The molecular weight excluding hydrogens is 412 g/mol. The SMILES string of the molecule is CC.CC(C)(C)OC(=O)/N=C(\N)c1cc2c(OC(CO)c3ccccc3)cccc2s1. The predicted octanol–water partition coefficient (Wildman–Crippen LogP) is 5.68. The van der Waals surface area contributed by atoms with E-state index in [1.54, 1.807) is 20.8 Å². The van der Waals surface area contributed by atoms with Crippen molar-refractivity contribution in [3.05, 3.63) is 65.0 Å². The third-order valence-corrected chi connectivity index (χ3v) is 5.11. The number of aliphatic imine (C=N–C) groups is 1. The highest BCUT2D eigenvalue weighted by molar-refractivity contribution is 7.21. The molecule has 1 aromatic heterocycles. The first-order valence-corrected chi connectivity index (χ1v) is 11.0. The lowest BCUT2D eigenvalue weighted by atomic mass is 10.1. The van der Waals surface area contributed by atoms with Crippen molar-refractivity contribution < 1.29 is 19.4 Å². The molecule has 0 bridgehead atoms. The Labute approximate surface area is 187 Å². The normalized spacial score (nSPS) is 12.6. The van der Waals surface area contributed by atoms with Gasteiger partial charge in [-0.3, -0.25) is 0 Å². The molecule has 0 aliphatic rings. The van der Waals surface area contributed by atoms with Gasteiger partial charge >= 0.3 is 6.09 Å². The first-order chi connectivity index (χ1) is 14.8. The summed E-state index contributed by atoms with van der Waals surface area (Å²) in [6, 6.07) is 17.0. The number of rotatable bonds is 5. The third kappa shape index (κ3) is 6.80. The molecule has 1 atom stereocenters. The van der Waals surface area contributed by atoms with Crippen LogP contribution in [0.4, 0.5) is 4.79 Å². The smallest absolute Gasteiger partial charge is 0.436 e. The first-order valence-electron chi connectivity index (χ1n) is 10.2. The van der Waals surface area contributed by atoms with Gasteiger partial charge in [0.05, 0.1) is 11.5 Å². The van der Waals surface area contributed by atoms with Crippen LogP contribution in [-0.2, 0) is 4.74 Å². The summed E-state index contributed by atoms with van der Waals surface area (Å²) in [5.41, 5.74) is 6.27. The molecule has 3 aromatic rings. The Balaban J connectivity index is 0.00000166. The molecule has 0 radical (unpaired) electrons. The number of nitrogens with zero attached hydrogens (tertiary/aromatic N) is 1. The fourth-order valence-corrected chi connectivity index (χ4v) is 3.71. The summed E-state index contributed by atoms with van der Waals surface area (Å²) in [4.78, 5) is 16.4. The fraction of sp³-hybridized carbons (Fsp3) is 0.333. The summed E-state index contributed by atoms with van der Waals surface area (Å²) in [5, 5.41) is 10.6. The van der Waals surface area contributed by atoms with Crippen molar-refractivity contribution in [1.29, 1.82) is 0 Å². The van der Waals surface area contributed by atoms with Crippen molar-refractivity contribution in [3.63, 3.8) is 0 Å². The molecule has 3 N–H and O–H groups in total. The molecule has 1 unspecified atom stereocenters. The minimum absolute atomic E-state index is 0.0909. The number of amidine groups is 1. The highest BCUT2D eigenvalue weighted by Gasteiger charge is 2.18. The highest BCUT2D eigenvalue weighted by atomic mass is 32.1. The molecule has 0 aliphatic carbocycles. The van der Waals surface area contributed by atoms with Crippen LogP contribution in [0.15, 0.2) is 59.6 Å². The van der Waals surface area contributed by atoms with Crippen LogP contribution in [-0.4, -0.2) is 29.2 Å². The molecule has 7 heteroatoms. The van der Waals surface area contributed by atoms with Crippen molar-refractivity contribution in [3.8, 4) is 5.75 Å². The summed E-state index contributed by atoms with van der Waals surface area (Å²) >= 11 is 1.40. The zero-order valence-corrected chi connectivity index (χ0v) is 19.4. The lowest BCUT2D eigenvalue weighted by Gasteiger charge is -2.18. The number of nitrogens with two attached hydrogens (primary N) is 1. The van der Waals surface area contributed by atoms with Crippen molar-refractivity contribution in [2.75, 3.05) is 6.61 Å². The van der Waals surface area contributed by atoms with Crippen LogP contribution >= 0.6 is 11.3 Å². The Hall–Kier alpha value is -2.90. The number of thiophene rings is 1. The molecule has 0 spiro atoms. The van der Waals surface area contributed by atoms with Gasteiger partial charge in [0.2, 0.25) is 0 Å². The maximum atomic E-state index is 11.9. The second-order valence-corrected chi connectivity index (χ2v) is 8.54. The van der Waals surface area contributed by atoms with Crippen LogP contribution in [0.3, 0.4) is 0 Å². The van der Waals surface area contributed by atoms with E-state index in [9.17, 15) is 9.90 Å².